The molecule has 0 aliphatic carbocycles. The molecule has 27 heavy (non-hydrogen) atoms. The fraction of sp³-hybridized carbons (Fsp3) is 0.368. The molecule has 142 valence electrons. The molecular formula is C19H23N5OS2. The number of carbonyl (C=O) groups excluding carboxylic acids is 1. The number of amides is 1. The maximum atomic E-state index is 12.4. The van der Waals surface area contributed by atoms with Crippen molar-refractivity contribution in [2.24, 2.45) is 0 Å². The van der Waals surface area contributed by atoms with Gasteiger partial charge in [0.2, 0.25) is 5.91 Å². The van der Waals surface area contributed by atoms with Crippen LogP contribution in [0.5, 0.6) is 0 Å². The van der Waals surface area contributed by atoms with Crippen molar-refractivity contribution in [2.75, 3.05) is 5.75 Å². The Morgan fingerprint density at radius 1 is 1.30 bits per heavy atom. The molecular weight excluding hydrogens is 378 g/mol. The maximum absolute atomic E-state index is 12.4. The standard InChI is InChI=1S/C19H23N5OS2/c1-13(17-23-15(11-26-17)14-5-7-20-8-6-14)22-16(25)12-27-18-21-9-10-24(18)19(2,3)4/h5-11,13H,12H2,1-4H3,(H,22,25). The van der Waals surface area contributed by atoms with Crippen LogP contribution in [0.25, 0.3) is 11.3 Å². The summed E-state index contributed by atoms with van der Waals surface area (Å²) in [6.45, 7) is 8.30. The van der Waals surface area contributed by atoms with Gasteiger partial charge in [-0.05, 0) is 39.8 Å². The van der Waals surface area contributed by atoms with Gasteiger partial charge in [-0.25, -0.2) is 9.97 Å². The summed E-state index contributed by atoms with van der Waals surface area (Å²) in [7, 11) is 0. The second-order valence-electron chi connectivity index (χ2n) is 7.14. The predicted molar refractivity (Wildman–Crippen MR) is 110 cm³/mol. The lowest BCUT2D eigenvalue weighted by molar-refractivity contribution is -0.119. The highest BCUT2D eigenvalue weighted by Crippen LogP contribution is 2.26. The number of nitrogens with zero attached hydrogens (tertiary/aromatic N) is 4. The molecule has 3 aromatic heterocycles. The minimum Gasteiger partial charge on any atom is -0.346 e. The summed E-state index contributed by atoms with van der Waals surface area (Å²) in [5.41, 5.74) is 1.86. The molecule has 3 heterocycles. The van der Waals surface area contributed by atoms with Crippen molar-refractivity contribution in [3.8, 4) is 11.3 Å². The first-order valence-corrected chi connectivity index (χ1v) is 10.5. The summed E-state index contributed by atoms with van der Waals surface area (Å²) in [6, 6.07) is 3.72. The van der Waals surface area contributed by atoms with Gasteiger partial charge in [0, 0.05) is 41.3 Å². The first-order valence-electron chi connectivity index (χ1n) is 8.66. The van der Waals surface area contributed by atoms with Crippen molar-refractivity contribution < 1.29 is 4.79 Å². The van der Waals surface area contributed by atoms with Crippen LogP contribution in [0.1, 0.15) is 38.7 Å². The topological polar surface area (TPSA) is 72.7 Å². The molecule has 1 amide bonds. The Morgan fingerprint density at radius 2 is 2.04 bits per heavy atom. The highest BCUT2D eigenvalue weighted by atomic mass is 32.2. The summed E-state index contributed by atoms with van der Waals surface area (Å²) in [4.78, 5) is 25.4. The number of thiazole rings is 1. The van der Waals surface area contributed by atoms with E-state index in [0.717, 1.165) is 21.4 Å². The smallest absolute Gasteiger partial charge is 0.231 e. The molecule has 1 unspecified atom stereocenters. The Bertz CT molecular complexity index is 898. The quantitative estimate of drug-likeness (QED) is 0.629. The van der Waals surface area contributed by atoms with E-state index in [4.69, 9.17) is 0 Å². The number of hydrogen-bond donors (Lipinski definition) is 1. The number of pyridine rings is 1. The van der Waals surface area contributed by atoms with E-state index in [1.807, 2.05) is 30.6 Å². The fourth-order valence-corrected chi connectivity index (χ4v) is 4.31. The van der Waals surface area contributed by atoms with Crippen LogP contribution in [0, 0.1) is 0 Å². The molecule has 3 aromatic rings. The van der Waals surface area contributed by atoms with Crippen LogP contribution < -0.4 is 5.32 Å². The van der Waals surface area contributed by atoms with Gasteiger partial charge in [-0.15, -0.1) is 11.3 Å². The van der Waals surface area contributed by atoms with E-state index in [9.17, 15) is 4.79 Å². The zero-order chi connectivity index (χ0) is 19.4. The zero-order valence-electron chi connectivity index (χ0n) is 15.8. The van der Waals surface area contributed by atoms with Gasteiger partial charge in [0.25, 0.3) is 0 Å². The largest absolute Gasteiger partial charge is 0.346 e. The second kappa shape index (κ2) is 8.22. The summed E-state index contributed by atoms with van der Waals surface area (Å²) < 4.78 is 2.08. The lowest BCUT2D eigenvalue weighted by atomic mass is 10.1. The number of carbonyl (C=O) groups is 1. The van der Waals surface area contributed by atoms with Crippen LogP contribution in [-0.4, -0.2) is 31.2 Å². The molecule has 6 nitrogen and oxygen atoms in total. The van der Waals surface area contributed by atoms with Gasteiger partial charge in [-0.1, -0.05) is 11.8 Å². The average molecular weight is 402 g/mol. The molecule has 1 N–H and O–H groups in total. The van der Waals surface area contributed by atoms with Crippen LogP contribution in [0.3, 0.4) is 0 Å². The van der Waals surface area contributed by atoms with Crippen molar-refractivity contribution in [2.45, 2.75) is 44.4 Å². The third-order valence-electron chi connectivity index (χ3n) is 3.91. The van der Waals surface area contributed by atoms with Crippen LogP contribution in [0.4, 0.5) is 0 Å². The minimum absolute atomic E-state index is 0.0309. The Hall–Kier alpha value is -2.19. The van der Waals surface area contributed by atoms with Crippen molar-refractivity contribution in [3.63, 3.8) is 0 Å². The molecule has 0 bridgehead atoms. The molecule has 0 saturated carbocycles. The summed E-state index contributed by atoms with van der Waals surface area (Å²) >= 11 is 2.99. The molecule has 8 heteroatoms. The second-order valence-corrected chi connectivity index (χ2v) is 8.97. The summed E-state index contributed by atoms with van der Waals surface area (Å²) in [6.07, 6.45) is 7.21. The number of aromatic nitrogens is 4. The van der Waals surface area contributed by atoms with Crippen LogP contribution >= 0.6 is 23.1 Å². The Labute approximate surface area is 167 Å². The first-order chi connectivity index (χ1) is 12.8. The third-order valence-corrected chi connectivity index (χ3v) is 5.90. The third kappa shape index (κ3) is 4.95. The van der Waals surface area contributed by atoms with Crippen molar-refractivity contribution in [3.05, 3.63) is 47.3 Å². The average Bonchev–Trinajstić information content (AvgIpc) is 3.30. The molecule has 0 fully saturated rings. The van der Waals surface area contributed by atoms with Gasteiger partial charge in [0.1, 0.15) is 5.01 Å². The molecule has 0 spiro atoms. The van der Waals surface area contributed by atoms with E-state index in [0.29, 0.717) is 5.75 Å². The Morgan fingerprint density at radius 3 is 2.74 bits per heavy atom. The van der Waals surface area contributed by atoms with E-state index in [1.165, 1.54) is 11.8 Å². The lowest BCUT2D eigenvalue weighted by Crippen LogP contribution is -2.28. The Kier molecular flexibility index (Phi) is 5.96. The zero-order valence-corrected chi connectivity index (χ0v) is 17.5. The van der Waals surface area contributed by atoms with Crippen LogP contribution in [0.2, 0.25) is 0 Å². The molecule has 3 rings (SSSR count). The summed E-state index contributed by atoms with van der Waals surface area (Å²) in [5.74, 6) is 0.289. The number of thioether (sulfide) groups is 1. The lowest BCUT2D eigenvalue weighted by Gasteiger charge is -2.22. The van der Waals surface area contributed by atoms with E-state index < -0.39 is 0 Å². The molecule has 1 atom stereocenters. The van der Waals surface area contributed by atoms with E-state index in [1.54, 1.807) is 29.9 Å². The summed E-state index contributed by atoms with van der Waals surface area (Å²) in [5, 5.41) is 6.75. The van der Waals surface area contributed by atoms with Gasteiger partial charge < -0.3 is 9.88 Å². The van der Waals surface area contributed by atoms with Crippen LogP contribution in [0.15, 0.2) is 47.5 Å². The van der Waals surface area contributed by atoms with Gasteiger partial charge in [0.15, 0.2) is 5.16 Å². The predicted octanol–water partition coefficient (Wildman–Crippen LogP) is 4.13. The highest BCUT2D eigenvalue weighted by molar-refractivity contribution is 7.99. The number of hydrogen-bond acceptors (Lipinski definition) is 6. The fourth-order valence-electron chi connectivity index (χ4n) is 2.52. The van der Waals surface area contributed by atoms with Crippen LogP contribution in [-0.2, 0) is 10.3 Å². The van der Waals surface area contributed by atoms with E-state index in [2.05, 4.69) is 45.6 Å². The molecule has 0 aliphatic rings. The normalized spacial score (nSPS) is 12.7. The number of rotatable bonds is 6. The van der Waals surface area contributed by atoms with E-state index >= 15 is 0 Å². The molecule has 0 saturated heterocycles. The van der Waals surface area contributed by atoms with E-state index in [-0.39, 0.29) is 17.5 Å². The van der Waals surface area contributed by atoms with Crippen molar-refractivity contribution in [1.82, 2.24) is 24.8 Å². The number of imidazole rings is 1. The van der Waals surface area contributed by atoms with Crippen molar-refractivity contribution >= 4 is 29.0 Å². The maximum Gasteiger partial charge on any atom is 0.231 e. The van der Waals surface area contributed by atoms with Gasteiger partial charge in [-0.2, -0.15) is 0 Å². The van der Waals surface area contributed by atoms with Gasteiger partial charge >= 0.3 is 0 Å². The molecule has 0 aliphatic heterocycles. The Balaban J connectivity index is 1.57. The number of nitrogens with one attached hydrogen (secondary N) is 1. The van der Waals surface area contributed by atoms with Crippen molar-refractivity contribution in [1.29, 1.82) is 0 Å². The minimum atomic E-state index is -0.138. The molecule has 0 aromatic carbocycles. The highest BCUT2D eigenvalue weighted by Gasteiger charge is 2.19. The molecule has 0 radical (unpaired) electrons. The van der Waals surface area contributed by atoms with Gasteiger partial charge in [0.05, 0.1) is 17.5 Å². The van der Waals surface area contributed by atoms with Gasteiger partial charge in [-0.3, -0.25) is 9.78 Å². The monoisotopic (exact) mass is 401 g/mol. The first kappa shape index (κ1) is 19.6. The SMILES string of the molecule is CC(NC(=O)CSc1nccn1C(C)(C)C)c1nc(-c2ccncc2)cs1.